The van der Waals surface area contributed by atoms with Crippen LogP contribution in [0.3, 0.4) is 0 Å². The minimum Gasteiger partial charge on any atom is -0.317 e. The minimum atomic E-state index is 0.893. The monoisotopic (exact) mass is 249 g/mol. The van der Waals surface area contributed by atoms with Crippen molar-refractivity contribution in [2.75, 3.05) is 13.1 Å². The van der Waals surface area contributed by atoms with Gasteiger partial charge in [-0.15, -0.1) is 10.2 Å². The van der Waals surface area contributed by atoms with Gasteiger partial charge in [-0.25, -0.2) is 9.97 Å². The van der Waals surface area contributed by atoms with Crippen LogP contribution in [-0.2, 0) is 6.42 Å². The van der Waals surface area contributed by atoms with Crippen molar-refractivity contribution in [1.82, 2.24) is 25.5 Å². The highest BCUT2D eigenvalue weighted by molar-refractivity contribution is 7.14. The summed E-state index contributed by atoms with van der Waals surface area (Å²) < 4.78 is 0. The van der Waals surface area contributed by atoms with Gasteiger partial charge in [0.15, 0.2) is 5.01 Å². The third-order valence-electron chi connectivity index (χ3n) is 2.27. The molecular formula is C11H15N5S. The lowest BCUT2D eigenvalue weighted by molar-refractivity contribution is 0.669. The van der Waals surface area contributed by atoms with Crippen LogP contribution in [0.4, 0.5) is 0 Å². The second kappa shape index (κ2) is 6.36. The molecule has 2 rings (SSSR count). The minimum absolute atomic E-state index is 0.893. The molecule has 5 nitrogen and oxygen atoms in total. The molecule has 0 aromatic carbocycles. The molecular weight excluding hydrogens is 234 g/mol. The first-order chi connectivity index (χ1) is 8.40. The van der Waals surface area contributed by atoms with Gasteiger partial charge in [-0.05, 0) is 19.5 Å². The molecule has 0 bridgehead atoms. The molecule has 0 fully saturated rings. The number of hydrogen-bond acceptors (Lipinski definition) is 6. The normalized spacial score (nSPS) is 10.6. The zero-order chi connectivity index (χ0) is 11.9. The van der Waals surface area contributed by atoms with E-state index in [0.717, 1.165) is 41.5 Å². The molecule has 0 aliphatic carbocycles. The van der Waals surface area contributed by atoms with E-state index in [1.54, 1.807) is 23.7 Å². The third-order valence-corrected chi connectivity index (χ3v) is 3.30. The van der Waals surface area contributed by atoms with E-state index in [4.69, 9.17) is 0 Å². The van der Waals surface area contributed by atoms with E-state index in [9.17, 15) is 0 Å². The van der Waals surface area contributed by atoms with Gasteiger partial charge in [-0.3, -0.25) is 0 Å². The Hall–Kier alpha value is -1.40. The van der Waals surface area contributed by atoms with Crippen LogP contribution < -0.4 is 5.32 Å². The first kappa shape index (κ1) is 12.1. The molecule has 0 amide bonds. The van der Waals surface area contributed by atoms with Gasteiger partial charge in [-0.2, -0.15) is 0 Å². The Bertz CT molecular complexity index is 442. The van der Waals surface area contributed by atoms with Crippen molar-refractivity contribution in [2.45, 2.75) is 19.8 Å². The quantitative estimate of drug-likeness (QED) is 0.787. The molecule has 0 atom stereocenters. The van der Waals surface area contributed by atoms with Crippen molar-refractivity contribution in [3.8, 4) is 10.6 Å². The Morgan fingerprint density at radius 3 is 2.82 bits per heavy atom. The van der Waals surface area contributed by atoms with Gasteiger partial charge < -0.3 is 5.32 Å². The molecule has 0 unspecified atom stereocenters. The Labute approximate surface area is 104 Å². The lowest BCUT2D eigenvalue weighted by Gasteiger charge is -1.97. The topological polar surface area (TPSA) is 63.6 Å². The van der Waals surface area contributed by atoms with Crippen molar-refractivity contribution < 1.29 is 0 Å². The summed E-state index contributed by atoms with van der Waals surface area (Å²) in [6.07, 6.45) is 7.10. The maximum atomic E-state index is 4.18. The molecule has 0 aliphatic heterocycles. The van der Waals surface area contributed by atoms with E-state index in [1.807, 2.05) is 0 Å². The van der Waals surface area contributed by atoms with Gasteiger partial charge in [0.1, 0.15) is 11.3 Å². The van der Waals surface area contributed by atoms with E-state index in [-0.39, 0.29) is 0 Å². The van der Waals surface area contributed by atoms with Crippen LogP contribution in [0.1, 0.15) is 18.4 Å². The molecule has 0 saturated carbocycles. The molecule has 2 heterocycles. The summed E-state index contributed by atoms with van der Waals surface area (Å²) in [4.78, 5) is 7.95. The summed E-state index contributed by atoms with van der Waals surface area (Å²) in [6.45, 7) is 4.15. The summed E-state index contributed by atoms with van der Waals surface area (Å²) in [6, 6.07) is 0. The molecule has 0 aliphatic rings. The maximum Gasteiger partial charge on any atom is 0.150 e. The molecule has 0 saturated heterocycles. The number of hydrogen-bond donors (Lipinski definition) is 1. The molecule has 2 aromatic heterocycles. The van der Waals surface area contributed by atoms with Crippen LogP contribution in [0.5, 0.6) is 0 Å². The van der Waals surface area contributed by atoms with E-state index in [0.29, 0.717) is 0 Å². The Morgan fingerprint density at radius 2 is 2.06 bits per heavy atom. The van der Waals surface area contributed by atoms with Crippen LogP contribution >= 0.6 is 11.3 Å². The van der Waals surface area contributed by atoms with Crippen molar-refractivity contribution in [3.05, 3.63) is 23.7 Å². The zero-order valence-corrected chi connectivity index (χ0v) is 10.6. The molecule has 2 aromatic rings. The smallest absolute Gasteiger partial charge is 0.150 e. The van der Waals surface area contributed by atoms with E-state index in [2.05, 4.69) is 32.4 Å². The lowest BCUT2D eigenvalue weighted by atomic mass is 10.3. The van der Waals surface area contributed by atoms with Gasteiger partial charge in [0.25, 0.3) is 0 Å². The summed E-state index contributed by atoms with van der Waals surface area (Å²) in [5.41, 5.74) is 0.933. The summed E-state index contributed by atoms with van der Waals surface area (Å²) >= 11 is 1.61. The lowest BCUT2D eigenvalue weighted by Crippen LogP contribution is -2.14. The second-order valence-corrected chi connectivity index (χ2v) is 4.65. The van der Waals surface area contributed by atoms with Crippen molar-refractivity contribution in [3.63, 3.8) is 0 Å². The number of aryl methyl sites for hydroxylation is 1. The van der Waals surface area contributed by atoms with Gasteiger partial charge in [0.2, 0.25) is 0 Å². The number of rotatable bonds is 6. The first-order valence-corrected chi connectivity index (χ1v) is 6.50. The molecule has 0 radical (unpaired) electrons. The molecule has 0 spiro atoms. The molecule has 17 heavy (non-hydrogen) atoms. The fourth-order valence-electron chi connectivity index (χ4n) is 1.42. The Morgan fingerprint density at radius 1 is 1.24 bits per heavy atom. The average Bonchev–Trinajstić information content (AvgIpc) is 2.85. The molecule has 6 heteroatoms. The Balaban J connectivity index is 1.92. The van der Waals surface area contributed by atoms with Gasteiger partial charge >= 0.3 is 0 Å². The van der Waals surface area contributed by atoms with E-state index in [1.165, 1.54) is 6.33 Å². The SMILES string of the molecule is CCNCCCc1nnc(-c2cncnc2)s1. The van der Waals surface area contributed by atoms with Crippen LogP contribution in [-0.4, -0.2) is 33.3 Å². The fraction of sp³-hybridized carbons (Fsp3) is 0.455. The highest BCUT2D eigenvalue weighted by Crippen LogP contribution is 2.22. The van der Waals surface area contributed by atoms with Crippen LogP contribution in [0.15, 0.2) is 18.7 Å². The fourth-order valence-corrected chi connectivity index (χ4v) is 2.28. The Kier molecular flexibility index (Phi) is 4.52. The standard InChI is InChI=1S/C11H15N5S/c1-2-12-5-3-4-10-15-16-11(17-10)9-6-13-8-14-7-9/h6-8,12H,2-5H2,1H3. The summed E-state index contributed by atoms with van der Waals surface area (Å²) in [5, 5.41) is 13.6. The largest absolute Gasteiger partial charge is 0.317 e. The van der Waals surface area contributed by atoms with Crippen molar-refractivity contribution in [1.29, 1.82) is 0 Å². The van der Waals surface area contributed by atoms with E-state index >= 15 is 0 Å². The van der Waals surface area contributed by atoms with Crippen molar-refractivity contribution in [2.24, 2.45) is 0 Å². The summed E-state index contributed by atoms with van der Waals surface area (Å²) in [7, 11) is 0. The van der Waals surface area contributed by atoms with E-state index < -0.39 is 0 Å². The third kappa shape index (κ3) is 3.54. The number of nitrogens with zero attached hydrogens (tertiary/aromatic N) is 4. The molecule has 1 N–H and O–H groups in total. The van der Waals surface area contributed by atoms with Crippen LogP contribution in [0.2, 0.25) is 0 Å². The predicted octanol–water partition coefficient (Wildman–Crippen LogP) is 1.54. The van der Waals surface area contributed by atoms with Crippen LogP contribution in [0, 0.1) is 0 Å². The predicted molar refractivity (Wildman–Crippen MR) is 67.8 cm³/mol. The number of aromatic nitrogens is 4. The highest BCUT2D eigenvalue weighted by Gasteiger charge is 2.06. The highest BCUT2D eigenvalue weighted by atomic mass is 32.1. The van der Waals surface area contributed by atoms with Crippen molar-refractivity contribution >= 4 is 11.3 Å². The van der Waals surface area contributed by atoms with Crippen LogP contribution in [0.25, 0.3) is 10.6 Å². The number of nitrogens with one attached hydrogen (secondary N) is 1. The zero-order valence-electron chi connectivity index (χ0n) is 9.76. The average molecular weight is 249 g/mol. The summed E-state index contributed by atoms with van der Waals surface area (Å²) in [5.74, 6) is 0. The molecule has 90 valence electrons. The van der Waals surface area contributed by atoms with Gasteiger partial charge in [0.05, 0.1) is 0 Å². The second-order valence-electron chi connectivity index (χ2n) is 3.59. The van der Waals surface area contributed by atoms with Gasteiger partial charge in [0, 0.05) is 24.4 Å². The van der Waals surface area contributed by atoms with Gasteiger partial charge in [-0.1, -0.05) is 18.3 Å². The first-order valence-electron chi connectivity index (χ1n) is 5.68. The maximum absolute atomic E-state index is 4.18.